The van der Waals surface area contributed by atoms with Gasteiger partial charge in [-0.05, 0) is 69.8 Å². The summed E-state index contributed by atoms with van der Waals surface area (Å²) in [5.74, 6) is -0.321. The molecular weight excluding hydrogens is 574 g/mol. The number of anilines is 2. The third kappa shape index (κ3) is 6.35. The summed E-state index contributed by atoms with van der Waals surface area (Å²) in [6.07, 6.45) is 2.88. The van der Waals surface area contributed by atoms with Crippen molar-refractivity contribution in [3.63, 3.8) is 0 Å². The number of likely N-dealkylation sites (tertiary alicyclic amines) is 1. The van der Waals surface area contributed by atoms with Gasteiger partial charge in [0.25, 0.3) is 0 Å². The van der Waals surface area contributed by atoms with Crippen molar-refractivity contribution in [1.29, 1.82) is 5.26 Å². The molecule has 2 fully saturated rings. The maximum atomic E-state index is 14.7. The van der Waals surface area contributed by atoms with Gasteiger partial charge in [0.15, 0.2) is 0 Å². The summed E-state index contributed by atoms with van der Waals surface area (Å²) in [4.78, 5) is 14.1. The van der Waals surface area contributed by atoms with Crippen LogP contribution < -0.4 is 14.5 Å². The van der Waals surface area contributed by atoms with Crippen LogP contribution in [0.15, 0.2) is 42.7 Å². The van der Waals surface area contributed by atoms with E-state index in [1.807, 2.05) is 25.1 Å². The van der Waals surface area contributed by atoms with Crippen LogP contribution in [0.3, 0.4) is 0 Å². The van der Waals surface area contributed by atoms with Gasteiger partial charge in [-0.25, -0.2) is 13.8 Å². The number of halogens is 2. The lowest BCUT2D eigenvalue weighted by Gasteiger charge is -2.42. The molecule has 45 heavy (non-hydrogen) atoms. The number of aryl methyl sites for hydroxylation is 1. The molecule has 0 radical (unpaired) electrons. The normalized spacial score (nSPS) is 20.8. The fourth-order valence-electron chi connectivity index (χ4n) is 7.10. The smallest absolute Gasteiger partial charge is 0.234 e. The van der Waals surface area contributed by atoms with E-state index in [0.29, 0.717) is 69.5 Å². The Balaban J connectivity index is 1.34. The van der Waals surface area contributed by atoms with Crippen molar-refractivity contribution in [2.24, 2.45) is 0 Å². The van der Waals surface area contributed by atoms with Gasteiger partial charge in [0.2, 0.25) is 5.88 Å². The summed E-state index contributed by atoms with van der Waals surface area (Å²) >= 11 is 0. The van der Waals surface area contributed by atoms with Crippen LogP contribution in [0.5, 0.6) is 5.88 Å². The van der Waals surface area contributed by atoms with Crippen molar-refractivity contribution in [2.75, 3.05) is 69.5 Å². The number of hydrogen-bond donors (Lipinski definition) is 0. The molecule has 4 heterocycles. The second-order valence-corrected chi connectivity index (χ2v) is 12.6. The maximum Gasteiger partial charge on any atom is 0.234 e. The molecule has 2 saturated heterocycles. The van der Waals surface area contributed by atoms with E-state index in [9.17, 15) is 14.0 Å². The van der Waals surface area contributed by atoms with Crippen LogP contribution in [0.4, 0.5) is 20.2 Å². The molecule has 1 aromatic heterocycles. The lowest BCUT2D eigenvalue weighted by Crippen LogP contribution is -2.53. The first-order valence-corrected chi connectivity index (χ1v) is 15.9. The van der Waals surface area contributed by atoms with E-state index in [-0.39, 0.29) is 24.5 Å². The Morgan fingerprint density at radius 3 is 2.73 bits per heavy atom. The van der Waals surface area contributed by atoms with Crippen molar-refractivity contribution >= 4 is 22.1 Å². The number of ether oxygens (including phenoxy) is 2. The number of hydrogen-bond acceptors (Lipinski definition) is 8. The summed E-state index contributed by atoms with van der Waals surface area (Å²) in [6, 6.07) is 12.3. The molecule has 0 aliphatic carbocycles. The van der Waals surface area contributed by atoms with E-state index >= 15 is 0 Å². The van der Waals surface area contributed by atoms with E-state index in [1.165, 1.54) is 6.07 Å². The molecule has 10 heteroatoms. The van der Waals surface area contributed by atoms with Crippen LogP contribution in [-0.2, 0) is 17.7 Å². The van der Waals surface area contributed by atoms with Gasteiger partial charge in [-0.1, -0.05) is 24.8 Å². The number of piperazine rings is 1. The largest absolute Gasteiger partial charge is 0.475 e. The summed E-state index contributed by atoms with van der Waals surface area (Å²) in [6.45, 7) is 12.3. The van der Waals surface area contributed by atoms with Crippen molar-refractivity contribution in [2.45, 2.75) is 51.7 Å². The first-order chi connectivity index (χ1) is 21.7. The number of rotatable bonds is 9. The van der Waals surface area contributed by atoms with Gasteiger partial charge in [0.05, 0.1) is 31.3 Å². The number of benzene rings is 2. The average Bonchev–Trinajstić information content (AvgIpc) is 3.45. The van der Waals surface area contributed by atoms with Gasteiger partial charge in [0.1, 0.15) is 29.9 Å². The molecule has 3 aliphatic heterocycles. The van der Waals surface area contributed by atoms with Gasteiger partial charge in [0, 0.05) is 54.9 Å². The molecule has 0 saturated carbocycles. The predicted octanol–water partition coefficient (Wildman–Crippen LogP) is 5.56. The third-order valence-corrected chi connectivity index (χ3v) is 9.64. The molecule has 2 atom stereocenters. The Hall–Kier alpha value is -3.78. The molecule has 0 unspecified atom stereocenters. The van der Waals surface area contributed by atoms with E-state index < -0.39 is 5.83 Å². The summed E-state index contributed by atoms with van der Waals surface area (Å²) in [5.41, 5.74) is 4.96. The SMILES string of the molecule is C=C(F)COCN1CCN(c2c(C#N)c(OC[C@@H]3CCCN3C)nc3c2CCN(c2cccc4ccc(F)c(C)c24)C3)C[C@@H]1C. The zero-order chi connectivity index (χ0) is 31.7. The topological polar surface area (TPSA) is 68.1 Å². The van der Waals surface area contributed by atoms with E-state index in [4.69, 9.17) is 14.5 Å². The number of nitrogens with zero attached hydrogens (tertiary/aromatic N) is 6. The molecular formula is C35H42F2N6O2. The molecule has 2 aromatic carbocycles. The van der Waals surface area contributed by atoms with Crippen LogP contribution in [0, 0.1) is 24.1 Å². The highest BCUT2D eigenvalue weighted by Gasteiger charge is 2.33. The fraction of sp³-hybridized carbons (Fsp3) is 0.486. The highest BCUT2D eigenvalue weighted by Crippen LogP contribution is 2.40. The number of nitriles is 1. The van der Waals surface area contributed by atoms with Crippen molar-refractivity contribution in [1.82, 2.24) is 14.8 Å². The van der Waals surface area contributed by atoms with Crippen LogP contribution in [0.1, 0.15) is 42.1 Å². The second kappa shape index (κ2) is 13.3. The Kier molecular flexibility index (Phi) is 9.22. The first-order valence-electron chi connectivity index (χ1n) is 15.9. The standard InChI is InChI=1S/C35H42F2N6O2/c1-23(36)20-44-22-43-16-15-42(18-24(43)2)34-28-12-14-41(32-9-5-7-26-10-11-30(37)25(3)33(26)32)19-31(28)39-35(29(34)17-38)45-21-27-8-6-13-40(27)4/h5,7,9-11,24,27H,1,6,8,12-16,18-22H2,2-4H3/t24-,27-/m0/s1. The zero-order valence-electron chi connectivity index (χ0n) is 26.5. The molecule has 8 nitrogen and oxygen atoms in total. The summed E-state index contributed by atoms with van der Waals surface area (Å²) in [7, 11) is 2.11. The van der Waals surface area contributed by atoms with Crippen LogP contribution in [0.2, 0.25) is 0 Å². The van der Waals surface area contributed by atoms with E-state index in [0.717, 1.165) is 52.8 Å². The highest BCUT2D eigenvalue weighted by molar-refractivity contribution is 5.97. The minimum atomic E-state index is -0.488. The first kappa shape index (κ1) is 31.2. The lowest BCUT2D eigenvalue weighted by atomic mass is 9.96. The number of pyridine rings is 1. The molecule has 0 spiro atoms. The predicted molar refractivity (Wildman–Crippen MR) is 173 cm³/mol. The number of likely N-dealkylation sites (N-methyl/N-ethyl adjacent to an activating group) is 1. The van der Waals surface area contributed by atoms with Crippen LogP contribution in [-0.4, -0.2) is 86.6 Å². The van der Waals surface area contributed by atoms with E-state index in [2.05, 4.69) is 52.3 Å². The maximum absolute atomic E-state index is 14.7. The van der Waals surface area contributed by atoms with Crippen molar-refractivity contribution in [3.8, 4) is 11.9 Å². The number of aromatic nitrogens is 1. The quantitative estimate of drug-likeness (QED) is 0.310. The monoisotopic (exact) mass is 616 g/mol. The Morgan fingerprint density at radius 2 is 2.00 bits per heavy atom. The van der Waals surface area contributed by atoms with Crippen LogP contribution in [0.25, 0.3) is 10.8 Å². The molecule has 0 amide bonds. The minimum Gasteiger partial charge on any atom is -0.475 e. The molecule has 6 rings (SSSR count). The Bertz CT molecular complexity index is 1620. The Morgan fingerprint density at radius 1 is 1.16 bits per heavy atom. The molecule has 3 aliphatic rings. The lowest BCUT2D eigenvalue weighted by molar-refractivity contribution is 0.00931. The average molecular weight is 617 g/mol. The molecule has 0 N–H and O–H groups in total. The van der Waals surface area contributed by atoms with Gasteiger partial charge >= 0.3 is 0 Å². The van der Waals surface area contributed by atoms with E-state index in [1.54, 1.807) is 0 Å². The van der Waals surface area contributed by atoms with Crippen molar-refractivity contribution < 1.29 is 18.3 Å². The fourth-order valence-corrected chi connectivity index (χ4v) is 7.10. The molecule has 0 bridgehead atoms. The molecule has 238 valence electrons. The van der Waals surface area contributed by atoms with Gasteiger partial charge in [-0.2, -0.15) is 5.26 Å². The number of fused-ring (bicyclic) bond motifs is 2. The summed E-state index contributed by atoms with van der Waals surface area (Å²) < 4.78 is 39.8. The minimum absolute atomic E-state index is 0.111. The highest BCUT2D eigenvalue weighted by atomic mass is 19.1. The van der Waals surface area contributed by atoms with Gasteiger partial charge < -0.3 is 24.2 Å². The van der Waals surface area contributed by atoms with Crippen LogP contribution >= 0.6 is 0 Å². The second-order valence-electron chi connectivity index (χ2n) is 12.6. The summed E-state index contributed by atoms with van der Waals surface area (Å²) in [5, 5.41) is 12.5. The van der Waals surface area contributed by atoms with Crippen molar-refractivity contribution in [3.05, 3.63) is 70.9 Å². The third-order valence-electron chi connectivity index (χ3n) is 9.64. The van der Waals surface area contributed by atoms with Gasteiger partial charge in [-0.15, -0.1) is 0 Å². The molecule has 3 aromatic rings. The van der Waals surface area contributed by atoms with Gasteiger partial charge in [-0.3, -0.25) is 4.90 Å². The Labute approximate surface area is 264 Å². The zero-order valence-corrected chi connectivity index (χ0v) is 26.5.